The van der Waals surface area contributed by atoms with Crippen LogP contribution in [-0.4, -0.2) is 85.1 Å². The van der Waals surface area contributed by atoms with Gasteiger partial charge in [0, 0.05) is 76.3 Å². The van der Waals surface area contributed by atoms with E-state index in [4.69, 9.17) is 0 Å². The van der Waals surface area contributed by atoms with Crippen molar-refractivity contribution < 1.29 is 0 Å². The van der Waals surface area contributed by atoms with E-state index in [2.05, 4.69) is 85.8 Å². The van der Waals surface area contributed by atoms with Gasteiger partial charge in [0.05, 0.1) is 6.54 Å². The molecule has 0 aromatic carbocycles. The summed E-state index contributed by atoms with van der Waals surface area (Å²) in [7, 11) is 8.19. The van der Waals surface area contributed by atoms with Crippen LogP contribution in [0.5, 0.6) is 0 Å². The normalized spacial score (nSPS) is 18.7. The topological polar surface area (TPSA) is 39.0 Å². The Kier molecular flexibility index (Phi) is 7.13. The Balaban J connectivity index is 1.84. The van der Waals surface area contributed by atoms with Gasteiger partial charge in [0.15, 0.2) is 5.96 Å². The van der Waals surface area contributed by atoms with E-state index in [1.54, 1.807) is 0 Å². The largest absolute Gasteiger partial charge is 0.355 e. The summed E-state index contributed by atoms with van der Waals surface area (Å²) in [6.07, 6.45) is 2.08. The number of hydrogen-bond donors (Lipinski definition) is 1. The highest BCUT2D eigenvalue weighted by Gasteiger charge is 2.19. The second-order valence-electron chi connectivity index (χ2n) is 6.73. The molecule has 1 atom stereocenters. The number of nitrogens with one attached hydrogen (secondary N) is 1. The Bertz CT molecular complexity index is 547. The third kappa shape index (κ3) is 5.22. The molecule has 1 saturated heterocycles. The van der Waals surface area contributed by atoms with E-state index in [9.17, 15) is 0 Å². The van der Waals surface area contributed by atoms with Gasteiger partial charge in [-0.25, -0.2) is 0 Å². The lowest BCUT2D eigenvalue weighted by Crippen LogP contribution is -2.52. The number of aryl methyl sites for hydroxylation is 1. The third-order valence-corrected chi connectivity index (χ3v) is 5.20. The fraction of sp³-hybridized carbons (Fsp3) is 0.706. The highest BCUT2D eigenvalue weighted by molar-refractivity contribution is 9.10. The van der Waals surface area contributed by atoms with Gasteiger partial charge in [-0.05, 0) is 36.0 Å². The van der Waals surface area contributed by atoms with E-state index in [0.29, 0.717) is 6.04 Å². The second-order valence-corrected chi connectivity index (χ2v) is 7.65. The van der Waals surface area contributed by atoms with Gasteiger partial charge in [-0.2, -0.15) is 0 Å². The van der Waals surface area contributed by atoms with Crippen molar-refractivity contribution in [2.45, 2.75) is 19.5 Å². The van der Waals surface area contributed by atoms with Crippen LogP contribution in [0.25, 0.3) is 0 Å². The zero-order chi connectivity index (χ0) is 17.7. The van der Waals surface area contributed by atoms with Gasteiger partial charge in [0.2, 0.25) is 0 Å². The molecule has 0 radical (unpaired) electrons. The summed E-state index contributed by atoms with van der Waals surface area (Å²) in [6, 6.07) is 2.66. The highest BCUT2D eigenvalue weighted by Crippen LogP contribution is 2.15. The van der Waals surface area contributed by atoms with E-state index < -0.39 is 0 Å². The molecule has 0 amide bonds. The molecule has 24 heavy (non-hydrogen) atoms. The van der Waals surface area contributed by atoms with Crippen LogP contribution in [0.3, 0.4) is 0 Å². The highest BCUT2D eigenvalue weighted by atomic mass is 79.9. The Morgan fingerprint density at radius 2 is 2.00 bits per heavy atom. The Morgan fingerprint density at radius 3 is 2.54 bits per heavy atom. The summed E-state index contributed by atoms with van der Waals surface area (Å²) >= 11 is 3.53. The van der Waals surface area contributed by atoms with Crippen LogP contribution in [0, 0.1) is 0 Å². The molecule has 1 aromatic heterocycles. The molecule has 7 heteroatoms. The predicted molar refractivity (Wildman–Crippen MR) is 104 cm³/mol. The van der Waals surface area contributed by atoms with Crippen molar-refractivity contribution in [2.24, 2.45) is 12.0 Å². The molecule has 0 aliphatic carbocycles. The van der Waals surface area contributed by atoms with E-state index in [1.807, 2.05) is 7.05 Å². The quantitative estimate of drug-likeness (QED) is 0.601. The van der Waals surface area contributed by atoms with E-state index in [-0.39, 0.29) is 0 Å². The van der Waals surface area contributed by atoms with Crippen LogP contribution in [-0.2, 0) is 13.6 Å². The molecule has 136 valence electrons. The number of piperazine rings is 1. The minimum absolute atomic E-state index is 0.507. The number of hydrogen-bond acceptors (Lipinski definition) is 3. The first kappa shape index (κ1) is 19.3. The van der Waals surface area contributed by atoms with Gasteiger partial charge >= 0.3 is 0 Å². The Hall–Kier alpha value is -1.05. The third-order valence-electron chi connectivity index (χ3n) is 4.76. The summed E-state index contributed by atoms with van der Waals surface area (Å²) in [4.78, 5) is 11.5. The van der Waals surface area contributed by atoms with E-state index in [1.165, 1.54) is 5.69 Å². The number of likely N-dealkylation sites (N-methyl/N-ethyl adjacent to an activating group) is 1. The predicted octanol–water partition coefficient (Wildman–Crippen LogP) is 1.43. The molecule has 0 spiro atoms. The minimum atomic E-state index is 0.507. The zero-order valence-corrected chi connectivity index (χ0v) is 17.2. The van der Waals surface area contributed by atoms with Crippen molar-refractivity contribution >= 4 is 21.9 Å². The lowest BCUT2D eigenvalue weighted by Gasteiger charge is -2.37. The summed E-state index contributed by atoms with van der Waals surface area (Å²) in [5, 5.41) is 3.52. The van der Waals surface area contributed by atoms with Crippen molar-refractivity contribution in [1.82, 2.24) is 24.6 Å². The number of nitrogens with zero attached hydrogens (tertiary/aromatic N) is 5. The summed E-state index contributed by atoms with van der Waals surface area (Å²) in [6.45, 7) is 8.63. The maximum Gasteiger partial charge on any atom is 0.193 e. The van der Waals surface area contributed by atoms with Crippen molar-refractivity contribution in [2.75, 3.05) is 53.9 Å². The maximum atomic E-state index is 4.43. The van der Waals surface area contributed by atoms with Crippen LogP contribution in [0.1, 0.15) is 12.6 Å². The molecule has 1 aromatic rings. The van der Waals surface area contributed by atoms with Crippen LogP contribution in [0.2, 0.25) is 0 Å². The average Bonchev–Trinajstić information content (AvgIpc) is 2.85. The molecule has 1 fully saturated rings. The number of guanidine groups is 1. The first-order valence-electron chi connectivity index (χ1n) is 8.55. The molecular weight excluding hydrogens is 368 g/mol. The molecule has 0 bridgehead atoms. The first-order chi connectivity index (χ1) is 11.4. The molecule has 6 nitrogen and oxygen atoms in total. The van der Waals surface area contributed by atoms with E-state index in [0.717, 1.165) is 49.7 Å². The Labute approximate surface area is 154 Å². The smallest absolute Gasteiger partial charge is 0.193 e. The van der Waals surface area contributed by atoms with Gasteiger partial charge in [0.25, 0.3) is 0 Å². The summed E-state index contributed by atoms with van der Waals surface area (Å²) in [5.74, 6) is 0.938. The van der Waals surface area contributed by atoms with Crippen LogP contribution in [0.4, 0.5) is 0 Å². The molecule has 1 N–H and O–H groups in total. The van der Waals surface area contributed by atoms with Crippen molar-refractivity contribution in [1.29, 1.82) is 0 Å². The van der Waals surface area contributed by atoms with Gasteiger partial charge in [-0.1, -0.05) is 0 Å². The fourth-order valence-corrected chi connectivity index (χ4v) is 3.63. The van der Waals surface area contributed by atoms with E-state index >= 15 is 0 Å². The summed E-state index contributed by atoms with van der Waals surface area (Å²) in [5.41, 5.74) is 1.25. The number of aliphatic imine (C=N–C) groups is 1. The standard InChI is InChI=1S/C17H31BrN6/c1-14(24-8-6-21(3)7-9-24)11-20-17(19-2)23(5)13-16-10-15(18)12-22(16)4/h10,12,14H,6-9,11,13H2,1-5H3,(H,19,20). The van der Waals surface area contributed by atoms with Gasteiger partial charge in [0.1, 0.15) is 0 Å². The zero-order valence-electron chi connectivity index (χ0n) is 15.6. The average molecular weight is 399 g/mol. The molecule has 1 unspecified atom stereocenters. The van der Waals surface area contributed by atoms with Crippen LogP contribution in [0.15, 0.2) is 21.7 Å². The monoisotopic (exact) mass is 398 g/mol. The molecule has 2 heterocycles. The molecule has 0 saturated carbocycles. The lowest BCUT2D eigenvalue weighted by atomic mass is 10.2. The van der Waals surface area contributed by atoms with Gasteiger partial charge in [-0.3, -0.25) is 9.89 Å². The first-order valence-corrected chi connectivity index (χ1v) is 9.35. The second kappa shape index (κ2) is 8.87. The fourth-order valence-electron chi connectivity index (χ4n) is 3.06. The maximum absolute atomic E-state index is 4.43. The number of rotatable bonds is 5. The number of halogens is 1. The van der Waals surface area contributed by atoms with Gasteiger partial charge < -0.3 is 19.7 Å². The Morgan fingerprint density at radius 1 is 1.33 bits per heavy atom. The molecule has 1 aliphatic rings. The molecular formula is C17H31BrN6. The number of aromatic nitrogens is 1. The minimum Gasteiger partial charge on any atom is -0.355 e. The lowest BCUT2D eigenvalue weighted by molar-refractivity contribution is 0.119. The molecule has 2 rings (SSSR count). The molecule has 1 aliphatic heterocycles. The van der Waals surface area contributed by atoms with Crippen LogP contribution < -0.4 is 5.32 Å². The van der Waals surface area contributed by atoms with Crippen molar-refractivity contribution in [3.63, 3.8) is 0 Å². The van der Waals surface area contributed by atoms with Crippen LogP contribution >= 0.6 is 15.9 Å². The van der Waals surface area contributed by atoms with Crippen molar-refractivity contribution in [3.05, 3.63) is 22.4 Å². The SMILES string of the molecule is CN=C(NCC(C)N1CCN(C)CC1)N(C)Cc1cc(Br)cn1C. The van der Waals surface area contributed by atoms with Gasteiger partial charge in [-0.15, -0.1) is 0 Å². The van der Waals surface area contributed by atoms with Crippen molar-refractivity contribution in [3.8, 4) is 0 Å². The summed E-state index contributed by atoms with van der Waals surface area (Å²) < 4.78 is 3.25.